The van der Waals surface area contributed by atoms with E-state index in [1.807, 2.05) is 13.8 Å². The maximum atomic E-state index is 11.9. The summed E-state index contributed by atoms with van der Waals surface area (Å²) in [5.74, 6) is 6.97. The van der Waals surface area contributed by atoms with Gasteiger partial charge in [0.25, 0.3) is 0 Å². The molecule has 6 heteroatoms. The van der Waals surface area contributed by atoms with Crippen LogP contribution in [0.15, 0.2) is 37.4 Å². The smallest absolute Gasteiger partial charge is 0.330 e. The van der Waals surface area contributed by atoms with Crippen molar-refractivity contribution >= 4 is 11.9 Å². The molecule has 8 aliphatic rings. The molecule has 1 aromatic carbocycles. The van der Waals surface area contributed by atoms with E-state index in [-0.39, 0.29) is 18.6 Å². The third-order valence-electron chi connectivity index (χ3n) is 12.2. The third kappa shape index (κ3) is 5.71. The van der Waals surface area contributed by atoms with Gasteiger partial charge in [-0.15, -0.1) is 0 Å². The van der Waals surface area contributed by atoms with Gasteiger partial charge in [0.1, 0.15) is 36.9 Å². The molecule has 0 N–H and O–H groups in total. The minimum absolute atomic E-state index is 0.136. The lowest BCUT2D eigenvalue weighted by Gasteiger charge is -2.58. The number of rotatable bonds is 12. The zero-order valence-corrected chi connectivity index (χ0v) is 26.6. The van der Waals surface area contributed by atoms with E-state index in [0.717, 1.165) is 41.1 Å². The summed E-state index contributed by atoms with van der Waals surface area (Å²) in [5.41, 5.74) is 2.85. The zero-order chi connectivity index (χ0) is 30.6. The molecule has 9 rings (SSSR count). The van der Waals surface area contributed by atoms with Crippen molar-refractivity contribution in [2.24, 2.45) is 41.4 Å². The predicted octanol–water partition coefficient (Wildman–Crippen LogP) is 7.69. The van der Waals surface area contributed by atoms with Gasteiger partial charge < -0.3 is 18.9 Å². The molecule has 2 unspecified atom stereocenters. The summed E-state index contributed by atoms with van der Waals surface area (Å²) < 4.78 is 24.2. The molecule has 238 valence electrons. The Morgan fingerprint density at radius 3 is 1.66 bits per heavy atom. The van der Waals surface area contributed by atoms with Crippen LogP contribution in [0.5, 0.6) is 11.5 Å². The monoisotopic (exact) mass is 602 g/mol. The van der Waals surface area contributed by atoms with Crippen LogP contribution in [0.4, 0.5) is 0 Å². The van der Waals surface area contributed by atoms with Gasteiger partial charge in [0.05, 0.1) is 0 Å². The molecule has 8 aliphatic carbocycles. The van der Waals surface area contributed by atoms with Crippen molar-refractivity contribution in [1.82, 2.24) is 0 Å². The number of carbonyl (C=O) groups excluding carboxylic acids is 2. The zero-order valence-electron chi connectivity index (χ0n) is 26.6. The van der Waals surface area contributed by atoms with E-state index in [1.54, 1.807) is 0 Å². The van der Waals surface area contributed by atoms with Crippen LogP contribution in [0.2, 0.25) is 0 Å². The average molecular weight is 603 g/mol. The van der Waals surface area contributed by atoms with Gasteiger partial charge in [-0.25, -0.2) is 9.59 Å². The highest BCUT2D eigenvalue weighted by molar-refractivity contribution is 5.81. The van der Waals surface area contributed by atoms with E-state index in [0.29, 0.717) is 17.8 Å². The molecule has 6 nitrogen and oxygen atoms in total. The first-order valence-corrected chi connectivity index (χ1v) is 17.3. The molecule has 44 heavy (non-hydrogen) atoms. The van der Waals surface area contributed by atoms with E-state index in [2.05, 4.69) is 25.3 Å². The summed E-state index contributed by atoms with van der Waals surface area (Å²) in [6, 6.07) is 4.67. The molecule has 0 heterocycles. The van der Waals surface area contributed by atoms with E-state index >= 15 is 0 Å². The fourth-order valence-electron chi connectivity index (χ4n) is 11.3. The number of hydrogen-bond donors (Lipinski definition) is 0. The third-order valence-corrected chi connectivity index (χ3v) is 12.2. The molecule has 8 saturated carbocycles. The fourth-order valence-corrected chi connectivity index (χ4v) is 11.3. The van der Waals surface area contributed by atoms with E-state index in [4.69, 9.17) is 18.9 Å². The van der Waals surface area contributed by atoms with E-state index < -0.39 is 24.1 Å². The second-order valence-corrected chi connectivity index (χ2v) is 15.6. The Hall–Kier alpha value is -2.76. The van der Waals surface area contributed by atoms with Crippen molar-refractivity contribution in [1.29, 1.82) is 0 Å². The Labute approximate surface area is 262 Å². The van der Waals surface area contributed by atoms with Gasteiger partial charge in [-0.3, -0.25) is 0 Å². The summed E-state index contributed by atoms with van der Waals surface area (Å²) >= 11 is 0. The van der Waals surface area contributed by atoms with Gasteiger partial charge in [-0.1, -0.05) is 13.2 Å². The summed E-state index contributed by atoms with van der Waals surface area (Å²) in [5, 5.41) is 0. The molecule has 1 aromatic rings. The van der Waals surface area contributed by atoms with Crippen LogP contribution in [-0.2, 0) is 24.5 Å². The molecule has 8 bridgehead atoms. The van der Waals surface area contributed by atoms with Gasteiger partial charge in [-0.2, -0.15) is 0 Å². The average Bonchev–Trinajstić information content (AvgIpc) is 2.98. The van der Waals surface area contributed by atoms with Gasteiger partial charge >= 0.3 is 11.9 Å². The number of hydrogen-bond acceptors (Lipinski definition) is 6. The lowest BCUT2D eigenvalue weighted by molar-refractivity contribution is -0.144. The molecular weight excluding hydrogens is 552 g/mol. The largest absolute Gasteiger partial charge is 0.489 e. The second kappa shape index (κ2) is 11.9. The molecule has 2 atom stereocenters. The maximum Gasteiger partial charge on any atom is 0.330 e. The molecule has 0 spiro atoms. The fraction of sp³-hybridized carbons (Fsp3) is 0.684. The van der Waals surface area contributed by atoms with Gasteiger partial charge in [0, 0.05) is 23.8 Å². The molecular formula is C38H50O6. The molecule has 0 aromatic heterocycles. The highest BCUT2D eigenvalue weighted by Crippen LogP contribution is 2.64. The number of esters is 2. The first-order valence-electron chi connectivity index (χ1n) is 17.3. The van der Waals surface area contributed by atoms with Crippen molar-refractivity contribution in [2.45, 2.75) is 108 Å². The van der Waals surface area contributed by atoms with Crippen molar-refractivity contribution in [3.8, 4) is 11.5 Å². The molecule has 0 aliphatic heterocycles. The standard InChI is InChI=1S/C38H50O6/c1-5-35(39)43-22(3)20-41-33-16-34(42-21-23(4)44-36(40)6-2)32(38-17-26-8-27(18-38)10-28(9-26)19-38)15-31(33)37-29-11-24-7-25(13-29)14-30(37)12-24/h5-6,15-16,22-30,37H,1-2,7-14,17-21H2,3-4H3. The van der Waals surface area contributed by atoms with E-state index in [1.165, 1.54) is 93.9 Å². The summed E-state index contributed by atoms with van der Waals surface area (Å²) in [6.45, 7) is 11.3. The highest BCUT2D eigenvalue weighted by atomic mass is 16.6. The Kier molecular flexibility index (Phi) is 8.07. The maximum absolute atomic E-state index is 11.9. The van der Waals surface area contributed by atoms with Crippen molar-refractivity contribution < 1.29 is 28.5 Å². The molecule has 8 fully saturated rings. The molecule has 0 saturated heterocycles. The second-order valence-electron chi connectivity index (χ2n) is 15.6. The number of benzene rings is 1. The number of ether oxygens (including phenoxy) is 4. The Balaban J connectivity index is 1.27. The van der Waals surface area contributed by atoms with Crippen LogP contribution in [0.25, 0.3) is 0 Å². The predicted molar refractivity (Wildman–Crippen MR) is 169 cm³/mol. The first-order chi connectivity index (χ1) is 21.2. The van der Waals surface area contributed by atoms with Crippen LogP contribution >= 0.6 is 0 Å². The van der Waals surface area contributed by atoms with Crippen LogP contribution in [0.1, 0.15) is 102 Å². The SMILES string of the molecule is C=CC(=O)OC(C)COc1cc(OCC(C)OC(=O)C=C)c(C23CC4CC(CC(C4)C2)C3)cc1C1C2CC3CC(C2)CC1C3. The lowest BCUT2D eigenvalue weighted by Crippen LogP contribution is -2.49. The molecule has 0 amide bonds. The summed E-state index contributed by atoms with van der Waals surface area (Å²) in [4.78, 5) is 23.8. The topological polar surface area (TPSA) is 71.1 Å². The highest BCUT2D eigenvalue weighted by Gasteiger charge is 2.54. The quantitative estimate of drug-likeness (QED) is 0.180. The first kappa shape index (κ1) is 29.9. The van der Waals surface area contributed by atoms with Crippen LogP contribution in [-0.4, -0.2) is 37.4 Å². The van der Waals surface area contributed by atoms with Crippen molar-refractivity contribution in [2.75, 3.05) is 13.2 Å². The molecule has 0 radical (unpaired) electrons. The normalized spacial score (nSPS) is 37.2. The van der Waals surface area contributed by atoms with E-state index in [9.17, 15) is 9.59 Å². The van der Waals surface area contributed by atoms with Gasteiger partial charge in [0.2, 0.25) is 0 Å². The van der Waals surface area contributed by atoms with Crippen molar-refractivity contribution in [3.63, 3.8) is 0 Å². The Morgan fingerprint density at radius 1 is 0.727 bits per heavy atom. The van der Waals surface area contributed by atoms with Crippen LogP contribution < -0.4 is 9.47 Å². The summed E-state index contributed by atoms with van der Waals surface area (Å²) in [7, 11) is 0. The lowest BCUT2D eigenvalue weighted by atomic mass is 9.47. The Morgan fingerprint density at radius 2 is 1.18 bits per heavy atom. The minimum atomic E-state index is -0.438. The van der Waals surface area contributed by atoms with Crippen LogP contribution in [0.3, 0.4) is 0 Å². The number of carbonyl (C=O) groups is 2. The van der Waals surface area contributed by atoms with Gasteiger partial charge in [-0.05, 0) is 149 Å². The van der Waals surface area contributed by atoms with Crippen molar-refractivity contribution in [3.05, 3.63) is 48.6 Å². The summed E-state index contributed by atoms with van der Waals surface area (Å²) in [6.07, 6.45) is 16.2. The Bertz CT molecular complexity index is 1230. The minimum Gasteiger partial charge on any atom is -0.489 e. The van der Waals surface area contributed by atoms with Crippen LogP contribution in [0, 0.1) is 41.4 Å². The van der Waals surface area contributed by atoms with Gasteiger partial charge in [0.15, 0.2) is 0 Å².